The van der Waals surface area contributed by atoms with E-state index in [2.05, 4.69) is 25.7 Å². The Bertz CT molecular complexity index is 400. The van der Waals surface area contributed by atoms with Crippen molar-refractivity contribution in [1.29, 1.82) is 0 Å². The Hall–Kier alpha value is -0.850. The molecule has 2 atom stereocenters. The van der Waals surface area contributed by atoms with Crippen LogP contribution in [-0.4, -0.2) is 5.71 Å². The Labute approximate surface area is 111 Å². The van der Waals surface area contributed by atoms with Gasteiger partial charge in [0.25, 0.3) is 0 Å². The normalized spacial score (nSPS) is 35.5. The number of rotatable bonds is 5. The van der Waals surface area contributed by atoms with Crippen molar-refractivity contribution in [3.8, 4) is 0 Å². The number of nitrogens with zero attached hydrogens (tertiary/aromatic N) is 1. The summed E-state index contributed by atoms with van der Waals surface area (Å²) in [5.41, 5.74) is 3.32. The van der Waals surface area contributed by atoms with E-state index in [-0.39, 0.29) is 0 Å². The first kappa shape index (κ1) is 12.2. The molecule has 2 aliphatic carbocycles. The van der Waals surface area contributed by atoms with E-state index in [0.29, 0.717) is 5.41 Å². The standard InChI is InChI=1S/C17H25N/c1-3-10-17(4-2)11-9-14(12-17)16-8-7-15(18-16)13-5-6-13/h4,7,13-14H,2-3,5-6,8-12H2,1H3. The maximum atomic E-state index is 4.94. The van der Waals surface area contributed by atoms with Crippen LogP contribution in [-0.2, 0) is 0 Å². The van der Waals surface area contributed by atoms with Gasteiger partial charge in [-0.3, -0.25) is 4.99 Å². The Morgan fingerprint density at radius 2 is 2.22 bits per heavy atom. The molecular formula is C17H25N. The molecule has 2 unspecified atom stereocenters. The van der Waals surface area contributed by atoms with Gasteiger partial charge in [-0.15, -0.1) is 6.58 Å². The molecule has 2 fully saturated rings. The summed E-state index contributed by atoms with van der Waals surface area (Å²) in [5, 5.41) is 0. The van der Waals surface area contributed by atoms with E-state index in [1.807, 2.05) is 0 Å². The van der Waals surface area contributed by atoms with Crippen molar-refractivity contribution in [2.24, 2.45) is 22.2 Å². The van der Waals surface area contributed by atoms with Crippen molar-refractivity contribution >= 4 is 5.71 Å². The molecular weight excluding hydrogens is 218 g/mol. The summed E-state index contributed by atoms with van der Waals surface area (Å²) < 4.78 is 0. The van der Waals surface area contributed by atoms with E-state index in [1.165, 1.54) is 56.4 Å². The van der Waals surface area contributed by atoms with E-state index in [9.17, 15) is 0 Å². The molecule has 2 saturated carbocycles. The average molecular weight is 243 g/mol. The van der Waals surface area contributed by atoms with E-state index in [1.54, 1.807) is 0 Å². The molecule has 0 saturated heterocycles. The van der Waals surface area contributed by atoms with Gasteiger partial charge in [0.1, 0.15) is 0 Å². The lowest BCUT2D eigenvalue weighted by molar-refractivity contribution is 0.354. The van der Waals surface area contributed by atoms with E-state index in [4.69, 9.17) is 4.99 Å². The third kappa shape index (κ3) is 2.20. The first-order valence-electron chi connectivity index (χ1n) is 7.67. The summed E-state index contributed by atoms with van der Waals surface area (Å²) >= 11 is 0. The van der Waals surface area contributed by atoms with Crippen LogP contribution < -0.4 is 0 Å². The first-order valence-corrected chi connectivity index (χ1v) is 7.67. The number of hydrogen-bond acceptors (Lipinski definition) is 1. The highest BCUT2D eigenvalue weighted by atomic mass is 14.8. The molecule has 3 rings (SSSR count). The topological polar surface area (TPSA) is 12.4 Å². The molecule has 3 aliphatic rings. The molecule has 0 amide bonds. The molecule has 18 heavy (non-hydrogen) atoms. The highest BCUT2D eigenvalue weighted by molar-refractivity contribution is 5.91. The number of aliphatic imine (C=N–C) groups is 1. The number of hydrogen-bond donors (Lipinski definition) is 0. The van der Waals surface area contributed by atoms with Crippen molar-refractivity contribution in [2.45, 2.75) is 58.3 Å². The van der Waals surface area contributed by atoms with Gasteiger partial charge in [-0.25, -0.2) is 0 Å². The largest absolute Gasteiger partial charge is 0.262 e. The molecule has 0 aromatic heterocycles. The average Bonchev–Trinajstić information content (AvgIpc) is 2.97. The van der Waals surface area contributed by atoms with Crippen LogP contribution in [0.25, 0.3) is 0 Å². The van der Waals surface area contributed by atoms with Crippen molar-refractivity contribution in [3.63, 3.8) is 0 Å². The lowest BCUT2D eigenvalue weighted by Gasteiger charge is -2.24. The summed E-state index contributed by atoms with van der Waals surface area (Å²) in [6.45, 7) is 6.38. The summed E-state index contributed by atoms with van der Waals surface area (Å²) in [5.74, 6) is 1.56. The van der Waals surface area contributed by atoms with Gasteiger partial charge in [-0.1, -0.05) is 25.5 Å². The van der Waals surface area contributed by atoms with Gasteiger partial charge in [0.05, 0.1) is 0 Å². The van der Waals surface area contributed by atoms with E-state index < -0.39 is 0 Å². The maximum absolute atomic E-state index is 4.94. The number of allylic oxidation sites excluding steroid dienone is 3. The van der Waals surface area contributed by atoms with Crippen LogP contribution in [0.3, 0.4) is 0 Å². The van der Waals surface area contributed by atoms with Crippen molar-refractivity contribution < 1.29 is 0 Å². The van der Waals surface area contributed by atoms with Crippen LogP contribution in [0.2, 0.25) is 0 Å². The minimum atomic E-state index is 0.421. The molecule has 0 N–H and O–H groups in total. The second-order valence-corrected chi connectivity index (χ2v) is 6.47. The zero-order valence-corrected chi connectivity index (χ0v) is 11.6. The van der Waals surface area contributed by atoms with Gasteiger partial charge in [-0.05, 0) is 49.9 Å². The van der Waals surface area contributed by atoms with Crippen molar-refractivity contribution in [2.75, 3.05) is 0 Å². The Morgan fingerprint density at radius 3 is 2.89 bits per heavy atom. The minimum absolute atomic E-state index is 0.421. The lowest BCUT2D eigenvalue weighted by atomic mass is 9.80. The van der Waals surface area contributed by atoms with Gasteiger partial charge in [0.2, 0.25) is 0 Å². The van der Waals surface area contributed by atoms with Gasteiger partial charge < -0.3 is 0 Å². The molecule has 0 radical (unpaired) electrons. The fourth-order valence-corrected chi connectivity index (χ4v) is 3.81. The molecule has 1 nitrogen and oxygen atoms in total. The minimum Gasteiger partial charge on any atom is -0.262 e. The molecule has 1 aliphatic heterocycles. The predicted octanol–water partition coefficient (Wildman–Crippen LogP) is 4.90. The summed E-state index contributed by atoms with van der Waals surface area (Å²) in [7, 11) is 0. The Kier molecular flexibility index (Phi) is 3.17. The van der Waals surface area contributed by atoms with Gasteiger partial charge in [-0.2, -0.15) is 0 Å². The smallest absolute Gasteiger partial charge is 0.0398 e. The van der Waals surface area contributed by atoms with E-state index in [0.717, 1.165) is 18.3 Å². The van der Waals surface area contributed by atoms with Gasteiger partial charge in [0.15, 0.2) is 0 Å². The Balaban J connectivity index is 1.65. The van der Waals surface area contributed by atoms with Crippen LogP contribution in [0, 0.1) is 17.3 Å². The molecule has 0 aromatic rings. The summed E-state index contributed by atoms with van der Waals surface area (Å²) in [4.78, 5) is 4.94. The Morgan fingerprint density at radius 1 is 1.39 bits per heavy atom. The van der Waals surface area contributed by atoms with Crippen molar-refractivity contribution in [1.82, 2.24) is 0 Å². The van der Waals surface area contributed by atoms with Crippen molar-refractivity contribution in [3.05, 3.63) is 24.4 Å². The quantitative estimate of drug-likeness (QED) is 0.609. The van der Waals surface area contributed by atoms with Gasteiger partial charge in [0, 0.05) is 23.7 Å². The lowest BCUT2D eigenvalue weighted by Crippen LogP contribution is -2.16. The SMILES string of the molecule is C=CC1(CCC)CCC(C2=NC(C3CC3)=CC2)C1. The van der Waals surface area contributed by atoms with Crippen LogP contribution in [0.4, 0.5) is 0 Å². The molecule has 0 bridgehead atoms. The highest BCUT2D eigenvalue weighted by Crippen LogP contribution is 2.48. The van der Waals surface area contributed by atoms with Crippen LogP contribution in [0.1, 0.15) is 58.3 Å². The highest BCUT2D eigenvalue weighted by Gasteiger charge is 2.39. The first-order chi connectivity index (χ1) is 8.76. The third-order valence-corrected chi connectivity index (χ3v) is 5.08. The molecule has 1 heteroatoms. The second kappa shape index (κ2) is 4.68. The van der Waals surface area contributed by atoms with Crippen LogP contribution in [0.15, 0.2) is 29.4 Å². The van der Waals surface area contributed by atoms with E-state index >= 15 is 0 Å². The maximum Gasteiger partial charge on any atom is 0.0398 e. The second-order valence-electron chi connectivity index (χ2n) is 6.47. The van der Waals surface area contributed by atoms with Crippen LogP contribution in [0.5, 0.6) is 0 Å². The summed E-state index contributed by atoms with van der Waals surface area (Å²) in [6, 6.07) is 0. The zero-order chi connectivity index (χ0) is 12.6. The zero-order valence-electron chi connectivity index (χ0n) is 11.6. The molecule has 98 valence electrons. The van der Waals surface area contributed by atoms with Crippen LogP contribution >= 0.6 is 0 Å². The molecule has 1 heterocycles. The fraction of sp³-hybridized carbons (Fsp3) is 0.706. The molecule has 0 spiro atoms. The molecule has 0 aromatic carbocycles. The third-order valence-electron chi connectivity index (χ3n) is 5.08. The summed E-state index contributed by atoms with van der Waals surface area (Å²) in [6.07, 6.45) is 15.1. The monoisotopic (exact) mass is 243 g/mol. The van der Waals surface area contributed by atoms with Gasteiger partial charge >= 0.3 is 0 Å². The predicted molar refractivity (Wildman–Crippen MR) is 77.7 cm³/mol. The fourth-order valence-electron chi connectivity index (χ4n) is 3.81.